The molecule has 2 N–H and O–H groups in total. The van der Waals surface area contributed by atoms with E-state index in [0.717, 1.165) is 25.0 Å². The molecule has 3 heteroatoms. The molecule has 2 heterocycles. The molecule has 0 aliphatic carbocycles. The van der Waals surface area contributed by atoms with Crippen molar-refractivity contribution in [2.75, 3.05) is 18.9 Å². The highest BCUT2D eigenvalue weighted by Gasteiger charge is 2.17. The van der Waals surface area contributed by atoms with Gasteiger partial charge in [0.1, 0.15) is 0 Å². The molecule has 1 aliphatic rings. The van der Waals surface area contributed by atoms with Crippen molar-refractivity contribution in [1.29, 1.82) is 0 Å². The molecule has 0 radical (unpaired) electrons. The summed E-state index contributed by atoms with van der Waals surface area (Å²) >= 11 is 0. The van der Waals surface area contributed by atoms with Crippen LogP contribution in [0.3, 0.4) is 0 Å². The summed E-state index contributed by atoms with van der Waals surface area (Å²) in [5.41, 5.74) is 3.82. The molecule has 0 saturated heterocycles. The zero-order chi connectivity index (χ0) is 13.4. The summed E-state index contributed by atoms with van der Waals surface area (Å²) in [7, 11) is 0. The van der Waals surface area contributed by atoms with Crippen LogP contribution in [0.2, 0.25) is 0 Å². The van der Waals surface area contributed by atoms with Crippen molar-refractivity contribution in [3.8, 4) is 0 Å². The van der Waals surface area contributed by atoms with Crippen LogP contribution in [-0.2, 0) is 0 Å². The maximum absolute atomic E-state index is 6.04. The summed E-state index contributed by atoms with van der Waals surface area (Å²) < 4.78 is 1.74. The zero-order valence-corrected chi connectivity index (χ0v) is 11.6. The first-order valence-corrected chi connectivity index (χ1v) is 6.95. The smallest absolute Gasteiger partial charge is 0.0696 e. The van der Waals surface area contributed by atoms with E-state index in [9.17, 15) is 0 Å². The lowest BCUT2D eigenvalue weighted by Gasteiger charge is -2.29. The average Bonchev–Trinajstić information content (AvgIpc) is 2.77. The van der Waals surface area contributed by atoms with Gasteiger partial charge in [-0.2, -0.15) is 0 Å². The molecule has 1 aromatic carbocycles. The highest BCUT2D eigenvalue weighted by atomic mass is 15.3. The Morgan fingerprint density at radius 2 is 2.00 bits per heavy atom. The van der Waals surface area contributed by atoms with Crippen LogP contribution >= 0.6 is 0 Å². The van der Waals surface area contributed by atoms with Crippen molar-refractivity contribution in [3.63, 3.8) is 0 Å². The number of nitrogens with two attached hydrogens (primary N) is 1. The fourth-order valence-electron chi connectivity index (χ4n) is 2.86. The molecule has 0 fully saturated rings. The molecule has 1 aromatic heterocycles. The van der Waals surface area contributed by atoms with E-state index < -0.39 is 0 Å². The standard InChI is InChI=1S/C16H21N3/c1-12(2)18-9-7-13(8-10-18)15-11-19(17)16-6-4-3-5-14(15)16/h3-7,11-12H,8-10,17H2,1-2H3. The minimum absolute atomic E-state index is 0.619. The van der Waals surface area contributed by atoms with Crippen molar-refractivity contribution in [2.45, 2.75) is 26.3 Å². The van der Waals surface area contributed by atoms with E-state index in [-0.39, 0.29) is 0 Å². The fourth-order valence-corrected chi connectivity index (χ4v) is 2.86. The highest BCUT2D eigenvalue weighted by Crippen LogP contribution is 2.30. The van der Waals surface area contributed by atoms with Gasteiger partial charge in [-0.1, -0.05) is 24.3 Å². The number of para-hydroxylation sites is 1. The van der Waals surface area contributed by atoms with Gasteiger partial charge in [0.25, 0.3) is 0 Å². The lowest BCUT2D eigenvalue weighted by Crippen LogP contribution is -2.34. The Labute approximate surface area is 114 Å². The lowest BCUT2D eigenvalue weighted by molar-refractivity contribution is 0.245. The van der Waals surface area contributed by atoms with Gasteiger partial charge in [-0.15, -0.1) is 0 Å². The quantitative estimate of drug-likeness (QED) is 0.837. The van der Waals surface area contributed by atoms with Crippen LogP contribution in [-0.4, -0.2) is 28.7 Å². The van der Waals surface area contributed by atoms with Crippen molar-refractivity contribution in [3.05, 3.63) is 42.1 Å². The molecule has 19 heavy (non-hydrogen) atoms. The summed E-state index contributed by atoms with van der Waals surface area (Å²) in [6.45, 7) is 6.68. The second-order valence-corrected chi connectivity index (χ2v) is 5.54. The molecule has 0 saturated carbocycles. The number of nitrogens with zero attached hydrogens (tertiary/aromatic N) is 2. The number of aromatic nitrogens is 1. The minimum atomic E-state index is 0.619. The highest BCUT2D eigenvalue weighted by molar-refractivity contribution is 5.93. The van der Waals surface area contributed by atoms with Crippen LogP contribution in [0.25, 0.3) is 16.5 Å². The molecule has 0 atom stereocenters. The SMILES string of the molecule is CC(C)N1CC=C(c2cn(N)c3ccccc23)CC1. The molecule has 0 unspecified atom stereocenters. The Morgan fingerprint density at radius 1 is 1.21 bits per heavy atom. The third kappa shape index (κ3) is 2.15. The summed E-state index contributed by atoms with van der Waals surface area (Å²) in [4.78, 5) is 2.49. The van der Waals surface area contributed by atoms with Gasteiger partial charge in [0, 0.05) is 36.3 Å². The Hall–Kier alpha value is -1.74. The van der Waals surface area contributed by atoms with E-state index in [1.54, 1.807) is 4.68 Å². The van der Waals surface area contributed by atoms with Crippen LogP contribution in [0.1, 0.15) is 25.8 Å². The van der Waals surface area contributed by atoms with E-state index in [2.05, 4.69) is 49.2 Å². The van der Waals surface area contributed by atoms with Gasteiger partial charge in [-0.3, -0.25) is 9.58 Å². The van der Waals surface area contributed by atoms with Gasteiger partial charge in [0.15, 0.2) is 0 Å². The number of hydrogen-bond acceptors (Lipinski definition) is 2. The monoisotopic (exact) mass is 255 g/mol. The molecule has 0 spiro atoms. The van der Waals surface area contributed by atoms with E-state index in [1.807, 2.05) is 6.07 Å². The summed E-state index contributed by atoms with van der Waals surface area (Å²) in [5, 5.41) is 1.26. The van der Waals surface area contributed by atoms with Crippen LogP contribution in [0, 0.1) is 0 Å². The van der Waals surface area contributed by atoms with Crippen molar-refractivity contribution >= 4 is 16.5 Å². The van der Waals surface area contributed by atoms with Crippen molar-refractivity contribution < 1.29 is 0 Å². The minimum Gasteiger partial charge on any atom is -0.339 e. The summed E-state index contributed by atoms with van der Waals surface area (Å²) in [6, 6.07) is 8.96. The number of fused-ring (bicyclic) bond motifs is 1. The zero-order valence-electron chi connectivity index (χ0n) is 11.6. The van der Waals surface area contributed by atoms with Gasteiger partial charge < -0.3 is 5.84 Å². The first-order valence-electron chi connectivity index (χ1n) is 6.95. The van der Waals surface area contributed by atoms with E-state index in [1.165, 1.54) is 16.5 Å². The van der Waals surface area contributed by atoms with Crippen LogP contribution < -0.4 is 5.84 Å². The largest absolute Gasteiger partial charge is 0.339 e. The molecule has 2 aromatic rings. The first kappa shape index (κ1) is 12.3. The third-order valence-corrected chi connectivity index (χ3v) is 4.06. The van der Waals surface area contributed by atoms with Crippen LogP contribution in [0.4, 0.5) is 0 Å². The molecule has 3 nitrogen and oxygen atoms in total. The predicted molar refractivity (Wildman–Crippen MR) is 81.4 cm³/mol. The van der Waals surface area contributed by atoms with E-state index in [0.29, 0.717) is 6.04 Å². The van der Waals surface area contributed by atoms with Gasteiger partial charge in [0.2, 0.25) is 0 Å². The number of benzene rings is 1. The molecule has 3 rings (SSSR count). The normalized spacial score (nSPS) is 17.1. The third-order valence-electron chi connectivity index (χ3n) is 4.06. The Bertz CT molecular complexity index is 622. The molecule has 1 aliphatic heterocycles. The predicted octanol–water partition coefficient (Wildman–Crippen LogP) is 2.85. The Kier molecular flexibility index (Phi) is 3.07. The average molecular weight is 255 g/mol. The maximum Gasteiger partial charge on any atom is 0.0696 e. The van der Waals surface area contributed by atoms with Crippen molar-refractivity contribution in [1.82, 2.24) is 9.58 Å². The summed E-state index contributed by atoms with van der Waals surface area (Å²) in [6.07, 6.45) is 5.51. The number of rotatable bonds is 2. The van der Waals surface area contributed by atoms with Gasteiger partial charge in [-0.25, -0.2) is 0 Å². The van der Waals surface area contributed by atoms with Gasteiger partial charge in [-0.05, 0) is 31.9 Å². The van der Waals surface area contributed by atoms with E-state index >= 15 is 0 Å². The van der Waals surface area contributed by atoms with Crippen LogP contribution in [0.15, 0.2) is 36.5 Å². The Balaban J connectivity index is 1.98. The number of nitrogen functional groups attached to an aromatic ring is 1. The van der Waals surface area contributed by atoms with Gasteiger partial charge >= 0.3 is 0 Å². The van der Waals surface area contributed by atoms with E-state index in [4.69, 9.17) is 5.84 Å². The second kappa shape index (κ2) is 4.74. The lowest BCUT2D eigenvalue weighted by atomic mass is 9.98. The molecular formula is C16H21N3. The molecule has 100 valence electrons. The van der Waals surface area contributed by atoms with Crippen LogP contribution in [0.5, 0.6) is 0 Å². The number of hydrogen-bond donors (Lipinski definition) is 1. The first-order chi connectivity index (χ1) is 9.16. The van der Waals surface area contributed by atoms with Crippen molar-refractivity contribution in [2.24, 2.45) is 0 Å². The molecule has 0 amide bonds. The maximum atomic E-state index is 6.04. The fraction of sp³-hybridized carbons (Fsp3) is 0.375. The Morgan fingerprint density at radius 3 is 2.68 bits per heavy atom. The summed E-state index contributed by atoms with van der Waals surface area (Å²) in [5.74, 6) is 6.04. The second-order valence-electron chi connectivity index (χ2n) is 5.54. The topological polar surface area (TPSA) is 34.2 Å². The molecular weight excluding hydrogens is 234 g/mol. The van der Waals surface area contributed by atoms with Gasteiger partial charge in [0.05, 0.1) is 5.52 Å². The molecule has 0 bridgehead atoms.